The molecule has 0 unspecified atom stereocenters. The fourth-order valence-corrected chi connectivity index (χ4v) is 2.54. The second-order valence-electron chi connectivity index (χ2n) is 5.91. The van der Waals surface area contributed by atoms with Crippen LogP contribution in [0.15, 0.2) is 42.5 Å². The van der Waals surface area contributed by atoms with E-state index < -0.39 is 18.5 Å². The van der Waals surface area contributed by atoms with Crippen molar-refractivity contribution in [2.75, 3.05) is 39.9 Å². The second kappa shape index (κ2) is 11.4. The van der Waals surface area contributed by atoms with Crippen LogP contribution in [0.25, 0.3) is 6.08 Å². The first-order valence-electron chi connectivity index (χ1n) is 9.18. The highest BCUT2D eigenvalue weighted by Gasteiger charge is 2.12. The minimum Gasteiger partial charge on any atom is -0.494 e. The number of amides is 1. The number of carbonyl (C=O) groups excluding carboxylic acids is 2. The Morgan fingerprint density at radius 3 is 2.13 bits per heavy atom. The fraction of sp³-hybridized carbons (Fsp3) is 0.273. The summed E-state index contributed by atoms with van der Waals surface area (Å²) in [6.45, 7) is 2.04. The van der Waals surface area contributed by atoms with Gasteiger partial charge in [-0.05, 0) is 55.0 Å². The maximum Gasteiger partial charge on any atom is 0.331 e. The Balaban J connectivity index is 1.90. The lowest BCUT2D eigenvalue weighted by atomic mass is 10.1. The van der Waals surface area contributed by atoms with Gasteiger partial charge in [-0.15, -0.1) is 0 Å². The molecular formula is C22H25NO7. The summed E-state index contributed by atoms with van der Waals surface area (Å²) in [5.74, 6) is 0.961. The third kappa shape index (κ3) is 6.44. The molecular weight excluding hydrogens is 390 g/mol. The van der Waals surface area contributed by atoms with Gasteiger partial charge in [-0.25, -0.2) is 4.79 Å². The highest BCUT2D eigenvalue weighted by atomic mass is 16.5. The third-order valence-corrected chi connectivity index (χ3v) is 3.89. The number of esters is 1. The molecule has 0 saturated heterocycles. The summed E-state index contributed by atoms with van der Waals surface area (Å²) in [6, 6.07) is 10.3. The molecule has 0 aliphatic rings. The molecule has 8 heteroatoms. The Hall–Kier alpha value is -3.68. The molecule has 0 aliphatic carbocycles. The van der Waals surface area contributed by atoms with Crippen molar-refractivity contribution in [3.8, 4) is 23.0 Å². The molecule has 1 amide bonds. The Morgan fingerprint density at radius 1 is 0.967 bits per heavy atom. The van der Waals surface area contributed by atoms with Crippen LogP contribution in [0.5, 0.6) is 23.0 Å². The minimum atomic E-state index is -0.661. The minimum absolute atomic E-state index is 0.411. The van der Waals surface area contributed by atoms with Crippen molar-refractivity contribution in [2.24, 2.45) is 0 Å². The van der Waals surface area contributed by atoms with E-state index >= 15 is 0 Å². The Kier molecular flexibility index (Phi) is 8.56. The molecule has 0 spiro atoms. The zero-order valence-corrected chi connectivity index (χ0v) is 17.4. The molecule has 0 bridgehead atoms. The van der Waals surface area contributed by atoms with Crippen LogP contribution in [-0.4, -0.2) is 46.4 Å². The summed E-state index contributed by atoms with van der Waals surface area (Å²) in [5, 5.41) is 2.64. The number of nitrogens with one attached hydrogen (secondary N) is 1. The molecule has 2 aromatic carbocycles. The first-order chi connectivity index (χ1) is 14.5. The van der Waals surface area contributed by atoms with E-state index in [1.807, 2.05) is 6.92 Å². The van der Waals surface area contributed by atoms with Crippen LogP contribution in [0.3, 0.4) is 0 Å². The van der Waals surface area contributed by atoms with Crippen LogP contribution in [0.4, 0.5) is 5.69 Å². The molecule has 0 heterocycles. The summed E-state index contributed by atoms with van der Waals surface area (Å²) in [7, 11) is 4.51. The van der Waals surface area contributed by atoms with E-state index in [1.54, 1.807) is 36.4 Å². The van der Waals surface area contributed by atoms with Gasteiger partial charge in [0.05, 0.1) is 27.9 Å². The number of carbonyl (C=O) groups is 2. The van der Waals surface area contributed by atoms with Gasteiger partial charge in [0, 0.05) is 11.8 Å². The monoisotopic (exact) mass is 415 g/mol. The van der Waals surface area contributed by atoms with Gasteiger partial charge in [-0.3, -0.25) is 4.79 Å². The predicted molar refractivity (Wildman–Crippen MR) is 112 cm³/mol. The van der Waals surface area contributed by atoms with E-state index in [0.717, 1.165) is 0 Å². The average molecular weight is 415 g/mol. The first kappa shape index (κ1) is 22.6. The lowest BCUT2D eigenvalue weighted by Gasteiger charge is -2.12. The highest BCUT2D eigenvalue weighted by Crippen LogP contribution is 2.38. The van der Waals surface area contributed by atoms with E-state index in [-0.39, 0.29) is 0 Å². The quantitative estimate of drug-likeness (QED) is 0.470. The van der Waals surface area contributed by atoms with Gasteiger partial charge in [-0.1, -0.05) is 0 Å². The van der Waals surface area contributed by atoms with Gasteiger partial charge in [0.1, 0.15) is 5.75 Å². The van der Waals surface area contributed by atoms with Crippen molar-refractivity contribution in [3.63, 3.8) is 0 Å². The van der Waals surface area contributed by atoms with Crippen molar-refractivity contribution in [1.29, 1.82) is 0 Å². The SMILES string of the molecule is CCOc1ccc(NC(=O)COC(=O)C=Cc2cc(OC)c(OC)c(OC)c2)cc1. The van der Waals surface area contributed by atoms with Crippen LogP contribution < -0.4 is 24.3 Å². The molecule has 0 aromatic heterocycles. The van der Waals surface area contributed by atoms with Gasteiger partial charge in [-0.2, -0.15) is 0 Å². The molecule has 2 aromatic rings. The molecule has 2 rings (SSSR count). The van der Waals surface area contributed by atoms with E-state index in [0.29, 0.717) is 40.9 Å². The average Bonchev–Trinajstić information content (AvgIpc) is 2.76. The van der Waals surface area contributed by atoms with E-state index in [2.05, 4.69) is 5.32 Å². The molecule has 0 atom stereocenters. The number of ether oxygens (including phenoxy) is 5. The van der Waals surface area contributed by atoms with Gasteiger partial charge >= 0.3 is 5.97 Å². The van der Waals surface area contributed by atoms with E-state index in [4.69, 9.17) is 23.7 Å². The summed E-state index contributed by atoms with van der Waals surface area (Å²) < 4.78 is 26.1. The lowest BCUT2D eigenvalue weighted by molar-refractivity contribution is -0.142. The normalized spacial score (nSPS) is 10.4. The lowest BCUT2D eigenvalue weighted by Crippen LogP contribution is -2.20. The van der Waals surface area contributed by atoms with Crippen molar-refractivity contribution in [3.05, 3.63) is 48.0 Å². The summed E-state index contributed by atoms with van der Waals surface area (Å²) >= 11 is 0. The number of anilines is 1. The number of hydrogen-bond donors (Lipinski definition) is 1. The zero-order valence-electron chi connectivity index (χ0n) is 17.4. The van der Waals surface area contributed by atoms with Crippen molar-refractivity contribution >= 4 is 23.6 Å². The number of methoxy groups -OCH3 is 3. The summed E-state index contributed by atoms with van der Waals surface area (Å²) in [6.07, 6.45) is 2.74. The maximum atomic E-state index is 11.9. The van der Waals surface area contributed by atoms with Crippen LogP contribution in [0.2, 0.25) is 0 Å². The first-order valence-corrected chi connectivity index (χ1v) is 9.18. The van der Waals surface area contributed by atoms with E-state index in [1.165, 1.54) is 33.5 Å². The molecule has 30 heavy (non-hydrogen) atoms. The Labute approximate surface area is 175 Å². The van der Waals surface area contributed by atoms with Crippen molar-refractivity contribution in [1.82, 2.24) is 0 Å². The van der Waals surface area contributed by atoms with Crippen molar-refractivity contribution in [2.45, 2.75) is 6.92 Å². The molecule has 160 valence electrons. The predicted octanol–water partition coefficient (Wildman–Crippen LogP) is 3.31. The molecule has 1 N–H and O–H groups in total. The van der Waals surface area contributed by atoms with Crippen molar-refractivity contribution < 1.29 is 33.3 Å². The topological polar surface area (TPSA) is 92.3 Å². The zero-order chi connectivity index (χ0) is 21.9. The largest absolute Gasteiger partial charge is 0.494 e. The van der Waals surface area contributed by atoms with Crippen LogP contribution in [-0.2, 0) is 14.3 Å². The van der Waals surface area contributed by atoms with Crippen LogP contribution in [0, 0.1) is 0 Å². The Bertz CT molecular complexity index is 866. The molecule has 0 radical (unpaired) electrons. The van der Waals surface area contributed by atoms with Gasteiger partial charge < -0.3 is 29.0 Å². The number of benzene rings is 2. The smallest absolute Gasteiger partial charge is 0.331 e. The molecule has 0 saturated carbocycles. The Morgan fingerprint density at radius 2 is 1.60 bits per heavy atom. The third-order valence-electron chi connectivity index (χ3n) is 3.89. The fourth-order valence-electron chi connectivity index (χ4n) is 2.54. The highest BCUT2D eigenvalue weighted by molar-refractivity contribution is 5.94. The number of hydrogen-bond acceptors (Lipinski definition) is 7. The van der Waals surface area contributed by atoms with E-state index in [9.17, 15) is 9.59 Å². The van der Waals surface area contributed by atoms with Crippen LogP contribution in [0.1, 0.15) is 12.5 Å². The van der Waals surface area contributed by atoms with Crippen LogP contribution >= 0.6 is 0 Å². The number of rotatable bonds is 10. The van der Waals surface area contributed by atoms with Gasteiger partial charge in [0.15, 0.2) is 18.1 Å². The molecule has 0 aliphatic heterocycles. The summed E-state index contributed by atoms with van der Waals surface area (Å²) in [5.41, 5.74) is 1.22. The summed E-state index contributed by atoms with van der Waals surface area (Å²) in [4.78, 5) is 23.9. The van der Waals surface area contributed by atoms with Gasteiger partial charge in [0.25, 0.3) is 5.91 Å². The maximum absolute atomic E-state index is 11.9. The molecule has 0 fully saturated rings. The standard InChI is InChI=1S/C22H25NO7/c1-5-29-17-9-7-16(8-10-17)23-20(24)14-30-21(25)11-6-15-12-18(26-2)22(28-4)19(13-15)27-3/h6-13H,5,14H2,1-4H3,(H,23,24). The molecule has 8 nitrogen and oxygen atoms in total. The second-order valence-corrected chi connectivity index (χ2v) is 5.91. The van der Waals surface area contributed by atoms with Gasteiger partial charge in [0.2, 0.25) is 5.75 Å².